The second-order valence-corrected chi connectivity index (χ2v) is 6.79. The molecular weight excluding hydrogens is 322 g/mol. The summed E-state index contributed by atoms with van der Waals surface area (Å²) in [5.74, 6) is 0.828. The van der Waals surface area contributed by atoms with E-state index in [0.717, 1.165) is 35.9 Å². The minimum atomic E-state index is -0.504. The number of ether oxygens (including phenoxy) is 1. The highest BCUT2D eigenvalue weighted by Gasteiger charge is 2.10. The lowest BCUT2D eigenvalue weighted by Gasteiger charge is -2.21. The van der Waals surface area contributed by atoms with E-state index in [1.165, 1.54) is 5.56 Å². The number of nitrogens with zero attached hydrogens (tertiary/aromatic N) is 1. The molecule has 0 fully saturated rings. The third-order valence-electron chi connectivity index (χ3n) is 4.55. The molecule has 26 heavy (non-hydrogen) atoms. The van der Waals surface area contributed by atoms with Crippen molar-refractivity contribution >= 4 is 10.8 Å². The first-order chi connectivity index (χ1) is 12.7. The van der Waals surface area contributed by atoms with Crippen LogP contribution in [0.5, 0.6) is 5.75 Å². The highest BCUT2D eigenvalue weighted by Crippen LogP contribution is 2.25. The van der Waals surface area contributed by atoms with E-state index in [-0.39, 0.29) is 0 Å². The molecule has 1 unspecified atom stereocenters. The molecule has 0 heterocycles. The van der Waals surface area contributed by atoms with Gasteiger partial charge in [0, 0.05) is 11.9 Å². The molecule has 0 aromatic heterocycles. The summed E-state index contributed by atoms with van der Waals surface area (Å²) in [4.78, 5) is 2.17. The van der Waals surface area contributed by atoms with Crippen molar-refractivity contribution in [2.24, 2.45) is 0 Å². The fraction of sp³-hybridized carbons (Fsp3) is 0.304. The standard InChI is InChI=1S/C23H27NO2/c1-24(16-8-11-19-9-3-2-4-10-19)17-21(25)18-26-23-15-7-13-20-12-5-6-14-22(20)23/h2-7,9-10,12-15,21,25H,8,11,16-18H2,1H3. The van der Waals surface area contributed by atoms with Crippen molar-refractivity contribution in [2.75, 3.05) is 26.7 Å². The van der Waals surface area contributed by atoms with E-state index in [1.54, 1.807) is 0 Å². The van der Waals surface area contributed by atoms with Gasteiger partial charge in [0.1, 0.15) is 18.5 Å². The first-order valence-electron chi connectivity index (χ1n) is 9.23. The molecule has 0 aliphatic heterocycles. The average molecular weight is 349 g/mol. The van der Waals surface area contributed by atoms with E-state index in [9.17, 15) is 5.11 Å². The minimum Gasteiger partial charge on any atom is -0.490 e. The van der Waals surface area contributed by atoms with Crippen LogP contribution in [-0.4, -0.2) is 42.9 Å². The number of rotatable bonds is 9. The van der Waals surface area contributed by atoms with Gasteiger partial charge in [0.2, 0.25) is 0 Å². The third kappa shape index (κ3) is 5.32. The van der Waals surface area contributed by atoms with Crippen LogP contribution in [0.4, 0.5) is 0 Å². The van der Waals surface area contributed by atoms with Crippen molar-refractivity contribution in [2.45, 2.75) is 18.9 Å². The van der Waals surface area contributed by atoms with Gasteiger partial charge in [0.05, 0.1) is 0 Å². The van der Waals surface area contributed by atoms with E-state index in [0.29, 0.717) is 13.2 Å². The normalized spacial score (nSPS) is 12.4. The maximum atomic E-state index is 10.3. The Kier molecular flexibility index (Phi) is 6.64. The first kappa shape index (κ1) is 18.4. The molecule has 3 nitrogen and oxygen atoms in total. The summed E-state index contributed by atoms with van der Waals surface area (Å²) in [6.07, 6.45) is 1.64. The van der Waals surface area contributed by atoms with Crippen LogP contribution in [-0.2, 0) is 6.42 Å². The van der Waals surface area contributed by atoms with E-state index in [2.05, 4.69) is 41.3 Å². The number of likely N-dealkylation sites (N-methyl/N-ethyl adjacent to an activating group) is 1. The Bertz CT molecular complexity index is 798. The number of hydrogen-bond donors (Lipinski definition) is 1. The smallest absolute Gasteiger partial charge is 0.127 e. The molecule has 3 heteroatoms. The first-order valence-corrected chi connectivity index (χ1v) is 9.23. The molecule has 0 saturated heterocycles. The van der Waals surface area contributed by atoms with Gasteiger partial charge in [0.25, 0.3) is 0 Å². The molecular formula is C23H27NO2. The maximum Gasteiger partial charge on any atom is 0.127 e. The molecule has 0 radical (unpaired) electrons. The predicted molar refractivity (Wildman–Crippen MR) is 108 cm³/mol. The average Bonchev–Trinajstić information content (AvgIpc) is 2.67. The predicted octanol–water partition coefficient (Wildman–Crippen LogP) is 4.14. The summed E-state index contributed by atoms with van der Waals surface area (Å²) in [5, 5.41) is 12.5. The molecule has 0 aliphatic carbocycles. The SMILES string of the molecule is CN(CCCc1ccccc1)CC(O)COc1cccc2ccccc12. The molecule has 3 aromatic carbocycles. The molecule has 0 amide bonds. The van der Waals surface area contributed by atoms with Gasteiger partial charge in [-0.2, -0.15) is 0 Å². The van der Waals surface area contributed by atoms with Crippen LogP contribution in [0.1, 0.15) is 12.0 Å². The molecule has 0 aliphatic rings. The Morgan fingerprint density at radius 3 is 2.50 bits per heavy atom. The van der Waals surface area contributed by atoms with Crippen molar-refractivity contribution in [3.63, 3.8) is 0 Å². The summed E-state index contributed by atoms with van der Waals surface area (Å²) in [6.45, 7) is 1.87. The van der Waals surface area contributed by atoms with Crippen molar-refractivity contribution in [1.82, 2.24) is 4.90 Å². The van der Waals surface area contributed by atoms with Gasteiger partial charge in [0.15, 0.2) is 0 Å². The third-order valence-corrected chi connectivity index (χ3v) is 4.55. The van der Waals surface area contributed by atoms with E-state index in [1.807, 2.05) is 43.4 Å². The second-order valence-electron chi connectivity index (χ2n) is 6.79. The van der Waals surface area contributed by atoms with Crippen molar-refractivity contribution < 1.29 is 9.84 Å². The largest absolute Gasteiger partial charge is 0.490 e. The lowest BCUT2D eigenvalue weighted by Crippen LogP contribution is -2.33. The zero-order valence-corrected chi connectivity index (χ0v) is 15.3. The Hall–Kier alpha value is -2.36. The second kappa shape index (κ2) is 9.37. The van der Waals surface area contributed by atoms with Crippen molar-refractivity contribution in [1.29, 1.82) is 0 Å². The lowest BCUT2D eigenvalue weighted by molar-refractivity contribution is 0.0767. The number of aryl methyl sites for hydroxylation is 1. The highest BCUT2D eigenvalue weighted by atomic mass is 16.5. The Morgan fingerprint density at radius 1 is 0.923 bits per heavy atom. The number of benzene rings is 3. The number of hydrogen-bond acceptors (Lipinski definition) is 3. The molecule has 0 saturated carbocycles. The Morgan fingerprint density at radius 2 is 1.65 bits per heavy atom. The van der Waals surface area contributed by atoms with E-state index in [4.69, 9.17) is 4.74 Å². The molecule has 1 atom stereocenters. The Labute approximate surface area is 155 Å². The fourth-order valence-corrected chi connectivity index (χ4v) is 3.21. The molecule has 136 valence electrons. The van der Waals surface area contributed by atoms with Gasteiger partial charge in [-0.3, -0.25) is 0 Å². The van der Waals surface area contributed by atoms with E-state index >= 15 is 0 Å². The summed E-state index contributed by atoms with van der Waals surface area (Å²) < 4.78 is 5.88. The summed E-state index contributed by atoms with van der Waals surface area (Å²) in [6, 6.07) is 24.7. The summed E-state index contributed by atoms with van der Waals surface area (Å²) in [7, 11) is 2.05. The number of aliphatic hydroxyl groups excluding tert-OH is 1. The molecule has 0 bridgehead atoms. The van der Waals surface area contributed by atoms with Gasteiger partial charge in [-0.05, 0) is 43.5 Å². The van der Waals surface area contributed by atoms with Crippen molar-refractivity contribution in [3.8, 4) is 5.75 Å². The minimum absolute atomic E-state index is 0.303. The van der Waals surface area contributed by atoms with Crippen LogP contribution >= 0.6 is 0 Å². The van der Waals surface area contributed by atoms with E-state index < -0.39 is 6.10 Å². The molecule has 1 N–H and O–H groups in total. The zero-order chi connectivity index (χ0) is 18.2. The molecule has 3 rings (SSSR count). The zero-order valence-electron chi connectivity index (χ0n) is 15.3. The van der Waals surface area contributed by atoms with Gasteiger partial charge in [-0.25, -0.2) is 0 Å². The van der Waals surface area contributed by atoms with Crippen molar-refractivity contribution in [3.05, 3.63) is 78.4 Å². The van der Waals surface area contributed by atoms with Gasteiger partial charge in [-0.15, -0.1) is 0 Å². The van der Waals surface area contributed by atoms with Crippen LogP contribution in [0, 0.1) is 0 Å². The van der Waals surface area contributed by atoms with Gasteiger partial charge >= 0.3 is 0 Å². The van der Waals surface area contributed by atoms with Crippen LogP contribution < -0.4 is 4.74 Å². The summed E-state index contributed by atoms with van der Waals surface area (Å²) >= 11 is 0. The quantitative estimate of drug-likeness (QED) is 0.630. The van der Waals surface area contributed by atoms with Crippen LogP contribution in [0.2, 0.25) is 0 Å². The number of fused-ring (bicyclic) bond motifs is 1. The maximum absolute atomic E-state index is 10.3. The Balaban J connectivity index is 1.42. The summed E-state index contributed by atoms with van der Waals surface area (Å²) in [5.41, 5.74) is 1.36. The van der Waals surface area contributed by atoms with Crippen LogP contribution in [0.15, 0.2) is 72.8 Å². The van der Waals surface area contributed by atoms with Crippen LogP contribution in [0.25, 0.3) is 10.8 Å². The fourth-order valence-electron chi connectivity index (χ4n) is 3.21. The topological polar surface area (TPSA) is 32.7 Å². The monoisotopic (exact) mass is 349 g/mol. The van der Waals surface area contributed by atoms with Crippen LogP contribution in [0.3, 0.4) is 0 Å². The molecule has 0 spiro atoms. The lowest BCUT2D eigenvalue weighted by atomic mass is 10.1. The molecule has 3 aromatic rings. The number of aliphatic hydroxyl groups is 1. The highest BCUT2D eigenvalue weighted by molar-refractivity contribution is 5.88. The van der Waals surface area contributed by atoms with Gasteiger partial charge < -0.3 is 14.7 Å². The van der Waals surface area contributed by atoms with Gasteiger partial charge in [-0.1, -0.05) is 66.7 Å².